The first-order valence-electron chi connectivity index (χ1n) is 15.5. The zero-order chi connectivity index (χ0) is 34.1. The molecule has 0 radical (unpaired) electrons. The summed E-state index contributed by atoms with van der Waals surface area (Å²) >= 11 is 18.4. The summed E-state index contributed by atoms with van der Waals surface area (Å²) in [5.74, 6) is 0. The van der Waals surface area contributed by atoms with E-state index < -0.39 is 14.1 Å². The van der Waals surface area contributed by atoms with Crippen molar-refractivity contribution in [2.45, 2.75) is 92.9 Å². The van der Waals surface area contributed by atoms with Crippen molar-refractivity contribution in [1.82, 2.24) is 9.34 Å². The van der Waals surface area contributed by atoms with Gasteiger partial charge in [-0.15, -0.1) is 7.92 Å². The Labute approximate surface area is 336 Å². The fourth-order valence-corrected chi connectivity index (χ4v) is 13.8. The van der Waals surface area contributed by atoms with Gasteiger partial charge in [-0.25, -0.2) is 0 Å². The number of hydrogen-bond donors (Lipinski definition) is 1. The monoisotopic (exact) mass is 900 g/mol. The number of nitrogens with zero attached hydrogens (tertiary/aromatic N) is 2. The van der Waals surface area contributed by atoms with Crippen LogP contribution in [0.25, 0.3) is 0 Å². The van der Waals surface area contributed by atoms with E-state index in [1.54, 1.807) is 0 Å². The number of benzene rings is 2. The Morgan fingerprint density at radius 1 is 0.638 bits per heavy atom. The van der Waals surface area contributed by atoms with Crippen LogP contribution in [-0.2, 0) is 39.3 Å². The van der Waals surface area contributed by atoms with Gasteiger partial charge in [0, 0.05) is 69.3 Å². The van der Waals surface area contributed by atoms with Gasteiger partial charge < -0.3 is 5.11 Å². The van der Waals surface area contributed by atoms with E-state index in [9.17, 15) is 0 Å². The zero-order valence-corrected chi connectivity index (χ0v) is 42.6. The molecule has 0 heterocycles. The summed E-state index contributed by atoms with van der Waals surface area (Å²) < 4.78 is 5.08. The second-order valence-corrected chi connectivity index (χ2v) is 25.1. The van der Waals surface area contributed by atoms with Crippen molar-refractivity contribution >= 4 is 83.6 Å². The summed E-state index contributed by atoms with van der Waals surface area (Å²) in [5, 5.41) is 7.88. The number of aliphatic hydroxyl groups is 1. The molecule has 2 aromatic carbocycles. The predicted octanol–water partition coefficient (Wildman–Crippen LogP) is 12.8. The number of hydrogen-bond acceptors (Lipinski definition) is 3. The van der Waals surface area contributed by atoms with Crippen LogP contribution in [0.1, 0.15) is 77.1 Å². The summed E-state index contributed by atoms with van der Waals surface area (Å²) in [6, 6.07) is 17.6. The number of rotatable bonds is 13. The van der Waals surface area contributed by atoms with Gasteiger partial charge in [0.2, 0.25) is 0 Å². The van der Waals surface area contributed by atoms with Crippen molar-refractivity contribution in [2.24, 2.45) is 0 Å². The Balaban J connectivity index is -0.000000334. The first-order chi connectivity index (χ1) is 20.3. The first-order valence-corrected chi connectivity index (χ1v) is 25.5. The average molecular weight is 903 g/mol. The Bertz CT molecular complexity index is 929. The van der Waals surface area contributed by atoms with Gasteiger partial charge in [0.15, 0.2) is 0 Å². The van der Waals surface area contributed by atoms with Crippen molar-refractivity contribution in [3.8, 4) is 0 Å². The number of aliphatic hydroxyl groups excluding tert-OH is 1. The van der Waals surface area contributed by atoms with Gasteiger partial charge in [-0.3, -0.25) is 9.34 Å². The van der Waals surface area contributed by atoms with Crippen LogP contribution in [0.2, 0.25) is 0 Å². The molecule has 0 saturated heterocycles. The largest absolute Gasteiger partial charge is 0.396 e. The van der Waals surface area contributed by atoms with Crippen LogP contribution in [0, 0.1) is 13.8 Å². The van der Waals surface area contributed by atoms with Gasteiger partial charge in [-0.2, -0.15) is 19.8 Å². The third-order valence-corrected chi connectivity index (χ3v) is 15.4. The van der Waals surface area contributed by atoms with E-state index in [4.69, 9.17) is 38.8 Å². The topological polar surface area (TPSA) is 26.7 Å². The van der Waals surface area contributed by atoms with Gasteiger partial charge in [0.1, 0.15) is 0 Å². The van der Waals surface area contributed by atoms with Gasteiger partial charge in [-0.05, 0) is 113 Å². The van der Waals surface area contributed by atoms with Crippen LogP contribution >= 0.6 is 83.6 Å². The Morgan fingerprint density at radius 2 is 1.00 bits per heavy atom. The molecule has 0 aliphatic carbocycles. The Morgan fingerprint density at radius 3 is 1.30 bits per heavy atom. The minimum absolute atomic E-state index is 0. The average Bonchev–Trinajstić information content (AvgIpc) is 2.93. The molecule has 1 N–H and O–H groups in total. The summed E-state index contributed by atoms with van der Waals surface area (Å²) in [6.45, 7) is 28.4. The standard InChI is InChI=1S/C17H31NP2.C14H22Cl3NP2.C3H8O.2H3P.Zr/c1-15-8-10-16(11-9-15)14-18(17(2,3)4)20(7)13-12-19(5)6;1-12-5-7-13(8-6-12)11-18(14(2,3)4)20(17)10-9-19(15)16;1-2-3-4;;;/h8-11H,12-14H2,1-7H3;5-8H,9-11H2,1-4H3;4H,2-3H2,1H3;2*1H3;. The van der Waals surface area contributed by atoms with E-state index in [0.29, 0.717) is 6.61 Å². The number of aryl methyl sites for hydroxylation is 2. The number of halogens is 3. The maximum absolute atomic E-state index is 7.88. The Hall–Kier alpha value is 2.65. The molecule has 13 heteroatoms. The van der Waals surface area contributed by atoms with E-state index in [0.717, 1.165) is 31.8 Å². The van der Waals surface area contributed by atoms with E-state index in [1.165, 1.54) is 34.6 Å². The van der Waals surface area contributed by atoms with Gasteiger partial charge in [0.05, 0.1) is 14.1 Å². The second-order valence-electron chi connectivity index (χ2n) is 13.4. The molecular formula is C34H67Cl3N2OP6Zr. The molecule has 0 aromatic heterocycles. The maximum atomic E-state index is 7.88. The second kappa shape index (κ2) is 30.0. The molecule has 4 atom stereocenters. The molecular weight excluding hydrogens is 836 g/mol. The summed E-state index contributed by atoms with van der Waals surface area (Å²) in [6.07, 6.45) is 5.32. The van der Waals surface area contributed by atoms with E-state index in [1.807, 2.05) is 6.92 Å². The van der Waals surface area contributed by atoms with Crippen molar-refractivity contribution in [1.29, 1.82) is 0 Å². The normalized spacial score (nSPS) is 12.6. The quantitative estimate of drug-likeness (QED) is 0.203. The smallest absolute Gasteiger partial charge is 0.0859 e. The minimum atomic E-state index is -0.908. The molecule has 0 aliphatic rings. The molecule has 0 bridgehead atoms. The maximum Gasteiger partial charge on any atom is 0.0859 e. The van der Waals surface area contributed by atoms with Crippen molar-refractivity contribution in [2.75, 3.05) is 51.2 Å². The van der Waals surface area contributed by atoms with Crippen LogP contribution in [0.5, 0.6) is 0 Å². The van der Waals surface area contributed by atoms with Gasteiger partial charge in [-0.1, -0.05) is 100 Å². The first kappa shape index (κ1) is 56.4. The summed E-state index contributed by atoms with van der Waals surface area (Å²) in [7, 11) is -0.557. The SMILES string of the molecule is CCCO.Cc1ccc(CN(P(C)CCP(C)C)C(C)(C)C)cc1.Cc1ccc(CN(P(Cl)CCP(Cl)Cl)C(C)(C)C)cc1.P.P.[Zr]. The third kappa shape index (κ3) is 27.9. The fourth-order valence-electron chi connectivity index (χ4n) is 3.99. The zero-order valence-electron chi connectivity index (χ0n) is 31.5. The molecule has 2 rings (SSSR count). The molecule has 0 fully saturated rings. The van der Waals surface area contributed by atoms with E-state index in [2.05, 4.69) is 133 Å². The molecule has 0 saturated carbocycles. The summed E-state index contributed by atoms with van der Waals surface area (Å²) in [4.78, 5) is 0. The molecule has 0 aliphatic heterocycles. The summed E-state index contributed by atoms with van der Waals surface area (Å²) in [5.41, 5.74) is 5.62. The molecule has 274 valence electrons. The molecule has 0 spiro atoms. The Kier molecular flexibility index (Phi) is 36.0. The van der Waals surface area contributed by atoms with Crippen molar-refractivity contribution < 1.29 is 31.3 Å². The van der Waals surface area contributed by atoms with Crippen molar-refractivity contribution in [3.05, 3.63) is 70.8 Å². The minimum Gasteiger partial charge on any atom is -0.396 e. The van der Waals surface area contributed by atoms with Crippen LogP contribution in [-0.4, -0.2) is 76.8 Å². The molecule has 4 unspecified atom stereocenters. The van der Waals surface area contributed by atoms with Crippen LogP contribution < -0.4 is 0 Å². The predicted molar refractivity (Wildman–Crippen MR) is 235 cm³/mol. The molecule has 3 nitrogen and oxygen atoms in total. The van der Waals surface area contributed by atoms with Crippen molar-refractivity contribution in [3.63, 3.8) is 0 Å². The fraction of sp³-hybridized carbons (Fsp3) is 0.647. The van der Waals surface area contributed by atoms with Crippen LogP contribution in [0.4, 0.5) is 0 Å². The molecule has 0 amide bonds. The van der Waals surface area contributed by atoms with Gasteiger partial charge in [0.25, 0.3) is 0 Å². The molecule has 2 aromatic rings. The third-order valence-electron chi connectivity index (χ3n) is 6.68. The molecule has 47 heavy (non-hydrogen) atoms. The van der Waals surface area contributed by atoms with E-state index >= 15 is 0 Å². The van der Waals surface area contributed by atoms with E-state index in [-0.39, 0.29) is 73.1 Å². The van der Waals surface area contributed by atoms with Crippen LogP contribution in [0.15, 0.2) is 48.5 Å². The van der Waals surface area contributed by atoms with Gasteiger partial charge >= 0.3 is 0 Å². The van der Waals surface area contributed by atoms with Crippen LogP contribution in [0.3, 0.4) is 0 Å².